The molecule has 34 heavy (non-hydrogen) atoms. The van der Waals surface area contributed by atoms with Crippen LogP contribution in [0.15, 0.2) is 40.0 Å². The second-order valence-corrected chi connectivity index (χ2v) is 9.63. The number of benzene rings is 1. The molecule has 2 aromatic heterocycles. The summed E-state index contributed by atoms with van der Waals surface area (Å²) in [6.07, 6.45) is 2.58. The lowest BCUT2D eigenvalue weighted by atomic mass is 9.84. The van der Waals surface area contributed by atoms with Crippen molar-refractivity contribution < 1.29 is 27.1 Å². The molecule has 1 N–H and O–H groups in total. The first kappa shape index (κ1) is 23.2. The number of anilines is 1. The zero-order chi connectivity index (χ0) is 23.8. The number of nitrogens with zero attached hydrogens (tertiary/aromatic N) is 5. The van der Waals surface area contributed by atoms with Crippen molar-refractivity contribution in [1.29, 1.82) is 0 Å². The molecule has 4 unspecified atom stereocenters. The van der Waals surface area contributed by atoms with Crippen LogP contribution in [0, 0.1) is 17.7 Å². The molecule has 2 aliphatic rings. The standard InChI is InChI=1S/C21H21ClFN5O5S/c1-11(20-26-19(27-33-20)12-2-3-17(34(29)30)16(23)4-12)32-18-13-7-28(8-14(18)10-31-9-13)21-24-5-15(22)6-25-21/h2-6,11,13-14,18H,7-10H2,1H3,(H,29,30). The first-order valence-corrected chi connectivity index (χ1v) is 12.1. The number of ether oxygens (including phenoxy) is 2. The molecule has 4 atom stereocenters. The monoisotopic (exact) mass is 509 g/mol. The van der Waals surface area contributed by atoms with E-state index >= 15 is 0 Å². The predicted molar refractivity (Wildman–Crippen MR) is 119 cm³/mol. The molecular formula is C21H21ClFN5O5S. The van der Waals surface area contributed by atoms with E-state index in [1.54, 1.807) is 12.4 Å². The third-order valence-corrected chi connectivity index (χ3v) is 6.82. The number of piperidine rings is 1. The molecule has 10 nitrogen and oxygen atoms in total. The highest BCUT2D eigenvalue weighted by Crippen LogP contribution is 2.35. The van der Waals surface area contributed by atoms with Gasteiger partial charge in [0.2, 0.25) is 11.8 Å². The largest absolute Gasteiger partial charge is 0.381 e. The topological polar surface area (TPSA) is 124 Å². The van der Waals surface area contributed by atoms with Gasteiger partial charge in [0.25, 0.3) is 5.89 Å². The summed E-state index contributed by atoms with van der Waals surface area (Å²) in [5.74, 6) is 0.414. The normalized spacial score (nSPS) is 24.1. The highest BCUT2D eigenvalue weighted by molar-refractivity contribution is 7.79. The van der Waals surface area contributed by atoms with Crippen molar-refractivity contribution in [2.24, 2.45) is 11.8 Å². The number of halogens is 2. The van der Waals surface area contributed by atoms with Gasteiger partial charge in [-0.1, -0.05) is 16.8 Å². The number of rotatable bonds is 6. The molecule has 2 fully saturated rings. The Kier molecular flexibility index (Phi) is 6.58. The molecule has 1 aromatic carbocycles. The Hall–Kier alpha value is -2.51. The van der Waals surface area contributed by atoms with Crippen molar-refractivity contribution in [3.05, 3.63) is 47.3 Å². The molecule has 0 radical (unpaired) electrons. The lowest BCUT2D eigenvalue weighted by molar-refractivity contribution is -0.146. The Bertz CT molecular complexity index is 1180. The van der Waals surface area contributed by atoms with Crippen LogP contribution in [-0.2, 0) is 20.6 Å². The Morgan fingerprint density at radius 2 is 1.97 bits per heavy atom. The molecule has 4 heterocycles. The van der Waals surface area contributed by atoms with Crippen molar-refractivity contribution in [2.45, 2.75) is 24.0 Å². The zero-order valence-electron chi connectivity index (χ0n) is 18.0. The van der Waals surface area contributed by atoms with Gasteiger partial charge in [-0.05, 0) is 25.1 Å². The summed E-state index contributed by atoms with van der Waals surface area (Å²) >= 11 is 3.49. The van der Waals surface area contributed by atoms with Gasteiger partial charge in [-0.3, -0.25) is 0 Å². The molecule has 2 aliphatic heterocycles. The maximum Gasteiger partial charge on any atom is 0.255 e. The van der Waals surface area contributed by atoms with Crippen molar-refractivity contribution in [3.63, 3.8) is 0 Å². The molecule has 2 bridgehead atoms. The molecule has 0 aliphatic carbocycles. The van der Waals surface area contributed by atoms with Gasteiger partial charge in [0.05, 0.1) is 36.7 Å². The number of hydrogen-bond acceptors (Lipinski definition) is 9. The fourth-order valence-electron chi connectivity index (χ4n) is 4.35. The summed E-state index contributed by atoms with van der Waals surface area (Å²) in [5, 5.41) is 4.40. The van der Waals surface area contributed by atoms with Crippen molar-refractivity contribution in [2.75, 3.05) is 31.2 Å². The summed E-state index contributed by atoms with van der Waals surface area (Å²) in [6, 6.07) is 3.78. The van der Waals surface area contributed by atoms with Crippen LogP contribution in [0.1, 0.15) is 18.9 Å². The molecule has 0 spiro atoms. The van der Waals surface area contributed by atoms with Gasteiger partial charge < -0.3 is 23.4 Å². The Balaban J connectivity index is 1.28. The van der Waals surface area contributed by atoms with Gasteiger partial charge in [0.1, 0.15) is 16.8 Å². The Labute approximate surface area is 201 Å². The third kappa shape index (κ3) is 4.68. The Morgan fingerprint density at radius 1 is 1.26 bits per heavy atom. The molecule has 5 rings (SSSR count). The van der Waals surface area contributed by atoms with Crippen LogP contribution < -0.4 is 4.90 Å². The van der Waals surface area contributed by atoms with Crippen molar-refractivity contribution >= 4 is 28.6 Å². The SMILES string of the molecule is CC(OC1C2COCC1CN(c1ncc(Cl)cn1)C2)c1nc(-c2ccc(S(=O)O)c(F)c2)no1. The van der Waals surface area contributed by atoms with Crippen LogP contribution in [0.4, 0.5) is 10.3 Å². The summed E-state index contributed by atoms with van der Waals surface area (Å²) < 4.78 is 51.8. The average Bonchev–Trinajstić information content (AvgIpc) is 3.30. The smallest absolute Gasteiger partial charge is 0.255 e. The second kappa shape index (κ2) is 9.62. The minimum atomic E-state index is -2.42. The van der Waals surface area contributed by atoms with E-state index in [1.807, 2.05) is 6.92 Å². The van der Waals surface area contributed by atoms with Crippen LogP contribution in [0.25, 0.3) is 11.4 Å². The van der Waals surface area contributed by atoms with Gasteiger partial charge in [-0.2, -0.15) is 4.98 Å². The van der Waals surface area contributed by atoms with E-state index in [4.69, 9.17) is 30.2 Å². The zero-order valence-corrected chi connectivity index (χ0v) is 19.6. The summed E-state index contributed by atoms with van der Waals surface area (Å²) in [6.45, 7) is 4.25. The fraction of sp³-hybridized carbons (Fsp3) is 0.429. The van der Waals surface area contributed by atoms with Crippen molar-refractivity contribution in [1.82, 2.24) is 20.1 Å². The van der Waals surface area contributed by atoms with E-state index in [0.29, 0.717) is 42.8 Å². The highest BCUT2D eigenvalue weighted by atomic mass is 35.5. The van der Waals surface area contributed by atoms with E-state index in [0.717, 1.165) is 6.07 Å². The summed E-state index contributed by atoms with van der Waals surface area (Å²) in [7, 11) is 0. The average molecular weight is 510 g/mol. The van der Waals surface area contributed by atoms with E-state index in [2.05, 4.69) is 25.0 Å². The van der Waals surface area contributed by atoms with Crippen LogP contribution in [0.5, 0.6) is 0 Å². The van der Waals surface area contributed by atoms with Crippen LogP contribution in [0.3, 0.4) is 0 Å². The number of fused-ring (bicyclic) bond motifs is 2. The quantitative estimate of drug-likeness (QED) is 0.495. The first-order valence-electron chi connectivity index (χ1n) is 10.6. The van der Waals surface area contributed by atoms with Crippen molar-refractivity contribution in [3.8, 4) is 11.4 Å². The van der Waals surface area contributed by atoms with Gasteiger partial charge in [-0.25, -0.2) is 18.6 Å². The summed E-state index contributed by atoms with van der Waals surface area (Å²) in [4.78, 5) is 14.8. The van der Waals surface area contributed by atoms with Gasteiger partial charge in [0.15, 0.2) is 11.1 Å². The lowest BCUT2D eigenvalue weighted by Gasteiger charge is -2.47. The predicted octanol–water partition coefficient (Wildman–Crippen LogP) is 3.13. The number of aromatic nitrogens is 4. The molecule has 0 saturated carbocycles. The van der Waals surface area contributed by atoms with Gasteiger partial charge >= 0.3 is 0 Å². The molecular weight excluding hydrogens is 489 g/mol. The van der Waals surface area contributed by atoms with E-state index < -0.39 is 23.0 Å². The van der Waals surface area contributed by atoms with Crippen LogP contribution >= 0.6 is 11.6 Å². The highest BCUT2D eigenvalue weighted by Gasteiger charge is 2.43. The van der Waals surface area contributed by atoms with E-state index in [9.17, 15) is 8.60 Å². The molecule has 3 aromatic rings. The minimum absolute atomic E-state index is 0.0843. The lowest BCUT2D eigenvalue weighted by Crippen LogP contribution is -2.57. The van der Waals surface area contributed by atoms with Gasteiger partial charge in [-0.15, -0.1) is 0 Å². The maximum absolute atomic E-state index is 14.1. The maximum atomic E-state index is 14.1. The third-order valence-electron chi connectivity index (χ3n) is 5.92. The molecule has 0 amide bonds. The minimum Gasteiger partial charge on any atom is -0.381 e. The van der Waals surface area contributed by atoms with Crippen LogP contribution in [0.2, 0.25) is 5.02 Å². The number of hydrogen-bond donors (Lipinski definition) is 1. The first-order chi connectivity index (χ1) is 16.4. The second-order valence-electron chi connectivity index (χ2n) is 8.26. The van der Waals surface area contributed by atoms with E-state index in [1.165, 1.54) is 12.1 Å². The Morgan fingerprint density at radius 3 is 2.62 bits per heavy atom. The van der Waals surface area contributed by atoms with Gasteiger partial charge in [0, 0.05) is 30.5 Å². The summed E-state index contributed by atoms with van der Waals surface area (Å²) in [5.41, 5.74) is 0.329. The molecule has 180 valence electrons. The fourth-order valence-corrected chi connectivity index (χ4v) is 4.85. The molecule has 2 saturated heterocycles. The van der Waals surface area contributed by atoms with Crippen LogP contribution in [-0.4, -0.2) is 61.3 Å². The van der Waals surface area contributed by atoms with E-state index in [-0.39, 0.29) is 34.6 Å². The molecule has 13 heteroatoms.